The average Bonchev–Trinajstić information content (AvgIpc) is 2.45. The Bertz CT molecular complexity index is 523. The van der Waals surface area contributed by atoms with Crippen LogP contribution in [0.2, 0.25) is 0 Å². The van der Waals surface area contributed by atoms with Crippen molar-refractivity contribution >= 4 is 5.91 Å². The number of carbonyl (C=O) groups excluding carboxylic acids is 1. The third kappa shape index (κ3) is 3.41. The summed E-state index contributed by atoms with van der Waals surface area (Å²) in [6, 6.07) is -0.396. The Hall–Kier alpha value is -1.76. The lowest BCUT2D eigenvalue weighted by atomic mass is 10.00. The zero-order valence-corrected chi connectivity index (χ0v) is 11.8. The number of hydrogen-bond acceptors (Lipinski definition) is 5. The largest absolute Gasteiger partial charge is 0.381 e. The number of ether oxygens (including phenoxy) is 1. The van der Waals surface area contributed by atoms with E-state index in [2.05, 4.69) is 20.5 Å². The molecule has 0 bridgehead atoms. The van der Waals surface area contributed by atoms with Crippen molar-refractivity contribution < 1.29 is 9.53 Å². The minimum atomic E-state index is -0.396. The van der Waals surface area contributed by atoms with E-state index in [9.17, 15) is 9.59 Å². The molecule has 2 N–H and O–H groups in total. The predicted octanol–water partition coefficient (Wildman–Crippen LogP) is 0.646. The molecule has 1 aromatic heterocycles. The second kappa shape index (κ2) is 6.60. The van der Waals surface area contributed by atoms with Crippen molar-refractivity contribution in [1.82, 2.24) is 20.5 Å². The highest BCUT2D eigenvalue weighted by Crippen LogP contribution is 2.22. The van der Waals surface area contributed by atoms with Crippen LogP contribution >= 0.6 is 0 Å². The zero-order valence-electron chi connectivity index (χ0n) is 11.8. The zero-order chi connectivity index (χ0) is 14.5. The summed E-state index contributed by atoms with van der Waals surface area (Å²) in [5, 5.41) is 10.9. The number of amides is 1. The molecule has 1 fully saturated rings. The van der Waals surface area contributed by atoms with Gasteiger partial charge in [-0.2, -0.15) is 0 Å². The Kier molecular flexibility index (Phi) is 4.84. The van der Waals surface area contributed by atoms with Gasteiger partial charge in [-0.3, -0.25) is 9.59 Å². The summed E-state index contributed by atoms with van der Waals surface area (Å²) in [5.41, 5.74) is -0.0133. The van der Waals surface area contributed by atoms with E-state index >= 15 is 0 Å². The first-order chi connectivity index (χ1) is 9.61. The summed E-state index contributed by atoms with van der Waals surface area (Å²) in [4.78, 5) is 26.0. The van der Waals surface area contributed by atoms with Crippen LogP contribution in [0.15, 0.2) is 4.79 Å². The van der Waals surface area contributed by atoms with Crippen molar-refractivity contribution in [3.05, 3.63) is 21.9 Å². The number of nitrogens with one attached hydrogen (secondary N) is 2. The molecule has 0 aliphatic carbocycles. The molecule has 20 heavy (non-hydrogen) atoms. The fraction of sp³-hybridized carbons (Fsp3) is 0.692. The van der Waals surface area contributed by atoms with Crippen LogP contribution in [0.4, 0.5) is 0 Å². The molecule has 0 radical (unpaired) electrons. The highest BCUT2D eigenvalue weighted by molar-refractivity contribution is 5.73. The van der Waals surface area contributed by atoms with Gasteiger partial charge in [0, 0.05) is 26.1 Å². The van der Waals surface area contributed by atoms with E-state index in [0.717, 1.165) is 12.8 Å². The van der Waals surface area contributed by atoms with E-state index in [4.69, 9.17) is 4.74 Å². The molecule has 2 rings (SSSR count). The Morgan fingerprint density at radius 1 is 1.45 bits per heavy atom. The minimum Gasteiger partial charge on any atom is -0.381 e. The maximum atomic E-state index is 12.1. The lowest BCUT2D eigenvalue weighted by molar-refractivity contribution is -0.119. The van der Waals surface area contributed by atoms with Gasteiger partial charge < -0.3 is 15.0 Å². The third-order valence-corrected chi connectivity index (χ3v) is 3.46. The van der Waals surface area contributed by atoms with Gasteiger partial charge in [-0.25, -0.2) is 0 Å². The van der Waals surface area contributed by atoms with Crippen molar-refractivity contribution in [2.75, 3.05) is 13.2 Å². The number of H-pyrrole nitrogens is 1. The topological polar surface area (TPSA) is 97.0 Å². The van der Waals surface area contributed by atoms with Crippen LogP contribution in [-0.4, -0.2) is 34.3 Å². The van der Waals surface area contributed by atoms with Gasteiger partial charge >= 0.3 is 0 Å². The van der Waals surface area contributed by atoms with Crippen LogP contribution in [0.5, 0.6) is 0 Å². The van der Waals surface area contributed by atoms with Crippen LogP contribution in [0, 0.1) is 0 Å². The first-order valence-electron chi connectivity index (χ1n) is 6.93. The maximum absolute atomic E-state index is 12.1. The Morgan fingerprint density at radius 3 is 2.70 bits per heavy atom. The smallest absolute Gasteiger partial charge is 0.275 e. The SMILES string of the molecule is CCC(NC(C)=O)c1nnc(C2CCOCC2)[nH]c1=O. The second-order valence-electron chi connectivity index (χ2n) is 4.97. The van der Waals surface area contributed by atoms with Crippen LogP contribution in [0.1, 0.15) is 56.6 Å². The van der Waals surface area contributed by atoms with E-state index in [1.54, 1.807) is 0 Å². The van der Waals surface area contributed by atoms with Gasteiger partial charge in [0.15, 0.2) is 5.69 Å². The molecule has 7 nitrogen and oxygen atoms in total. The van der Waals surface area contributed by atoms with Gasteiger partial charge in [0.2, 0.25) is 5.91 Å². The molecule has 1 saturated heterocycles. The highest BCUT2D eigenvalue weighted by atomic mass is 16.5. The van der Waals surface area contributed by atoms with Gasteiger partial charge in [0.1, 0.15) is 5.82 Å². The number of nitrogens with zero attached hydrogens (tertiary/aromatic N) is 2. The van der Waals surface area contributed by atoms with Gasteiger partial charge in [0.25, 0.3) is 5.56 Å². The fourth-order valence-corrected chi connectivity index (χ4v) is 2.35. The fourth-order valence-electron chi connectivity index (χ4n) is 2.35. The molecule has 2 heterocycles. The quantitative estimate of drug-likeness (QED) is 0.844. The molecule has 7 heteroatoms. The van der Waals surface area contributed by atoms with Crippen molar-refractivity contribution in [3.8, 4) is 0 Å². The van der Waals surface area contributed by atoms with Crippen molar-refractivity contribution in [1.29, 1.82) is 0 Å². The molecule has 0 spiro atoms. The summed E-state index contributed by atoms with van der Waals surface area (Å²) in [6.07, 6.45) is 2.27. The summed E-state index contributed by atoms with van der Waals surface area (Å²) < 4.78 is 5.29. The summed E-state index contributed by atoms with van der Waals surface area (Å²) in [6.45, 7) is 4.66. The number of rotatable bonds is 4. The number of carbonyl (C=O) groups is 1. The number of aromatic amines is 1. The third-order valence-electron chi connectivity index (χ3n) is 3.46. The van der Waals surface area contributed by atoms with E-state index in [0.29, 0.717) is 25.5 Å². The van der Waals surface area contributed by atoms with Crippen LogP contribution < -0.4 is 10.9 Å². The van der Waals surface area contributed by atoms with Gasteiger partial charge in [-0.1, -0.05) is 6.92 Å². The minimum absolute atomic E-state index is 0.188. The standard InChI is InChI=1S/C13H20N4O3/c1-3-10(14-8(2)18)11-13(19)15-12(17-16-11)9-4-6-20-7-5-9/h9-10H,3-7H2,1-2H3,(H,14,18)(H,15,17,19). The number of aromatic nitrogens is 3. The van der Waals surface area contributed by atoms with Gasteiger partial charge in [-0.05, 0) is 19.3 Å². The number of hydrogen-bond donors (Lipinski definition) is 2. The molecule has 1 aliphatic heterocycles. The first-order valence-corrected chi connectivity index (χ1v) is 6.93. The van der Waals surface area contributed by atoms with Crippen molar-refractivity contribution in [2.24, 2.45) is 0 Å². The average molecular weight is 280 g/mol. The molecule has 1 atom stereocenters. The molecular formula is C13H20N4O3. The van der Waals surface area contributed by atoms with Gasteiger partial charge in [0.05, 0.1) is 6.04 Å². The first kappa shape index (κ1) is 14.6. The normalized spacial score (nSPS) is 17.7. The Balaban J connectivity index is 2.20. The van der Waals surface area contributed by atoms with Crippen LogP contribution in [-0.2, 0) is 9.53 Å². The Labute approximate surface area is 117 Å². The molecular weight excluding hydrogens is 260 g/mol. The molecule has 1 amide bonds. The maximum Gasteiger partial charge on any atom is 0.275 e. The molecule has 0 saturated carbocycles. The lowest BCUT2D eigenvalue weighted by Gasteiger charge is -2.21. The van der Waals surface area contributed by atoms with E-state index < -0.39 is 6.04 Å². The molecule has 110 valence electrons. The van der Waals surface area contributed by atoms with Gasteiger partial charge in [-0.15, -0.1) is 10.2 Å². The van der Waals surface area contributed by atoms with E-state index in [1.807, 2.05) is 6.92 Å². The van der Waals surface area contributed by atoms with Crippen LogP contribution in [0.3, 0.4) is 0 Å². The molecule has 1 aromatic rings. The second-order valence-corrected chi connectivity index (χ2v) is 4.97. The van der Waals surface area contributed by atoms with Crippen LogP contribution in [0.25, 0.3) is 0 Å². The Morgan fingerprint density at radius 2 is 2.15 bits per heavy atom. The highest BCUT2D eigenvalue weighted by Gasteiger charge is 2.22. The van der Waals surface area contributed by atoms with E-state index in [1.165, 1.54) is 6.92 Å². The van der Waals surface area contributed by atoms with Crippen molar-refractivity contribution in [3.63, 3.8) is 0 Å². The van der Waals surface area contributed by atoms with E-state index in [-0.39, 0.29) is 23.1 Å². The summed E-state index contributed by atoms with van der Waals surface area (Å²) >= 11 is 0. The van der Waals surface area contributed by atoms with Crippen molar-refractivity contribution in [2.45, 2.75) is 45.1 Å². The summed E-state index contributed by atoms with van der Waals surface area (Å²) in [5.74, 6) is 0.616. The lowest BCUT2D eigenvalue weighted by Crippen LogP contribution is -2.33. The monoisotopic (exact) mass is 280 g/mol. The predicted molar refractivity (Wildman–Crippen MR) is 72.3 cm³/mol. The molecule has 0 aromatic carbocycles. The molecule has 1 aliphatic rings. The molecule has 1 unspecified atom stereocenters. The summed E-state index contributed by atoms with van der Waals surface area (Å²) in [7, 11) is 0.